The Hall–Kier alpha value is -2.76. The smallest absolute Gasteiger partial charge is 0.252 e. The zero-order valence-electron chi connectivity index (χ0n) is 14.5. The first-order chi connectivity index (χ1) is 13.1. The number of carbonyl (C=O) groups excluding carboxylic acids is 1. The fraction of sp³-hybridized carbons (Fsp3) is 0.0952. The molecule has 4 nitrogen and oxygen atoms in total. The summed E-state index contributed by atoms with van der Waals surface area (Å²) in [5, 5.41) is 3.89. The van der Waals surface area contributed by atoms with Crippen molar-refractivity contribution in [3.05, 3.63) is 82.5 Å². The fourth-order valence-electron chi connectivity index (χ4n) is 2.95. The molecule has 0 saturated heterocycles. The number of rotatable bonds is 4. The second kappa shape index (κ2) is 7.47. The molecule has 1 N–H and O–H groups in total. The summed E-state index contributed by atoms with van der Waals surface area (Å²) in [5.41, 5.74) is 3.12. The molecule has 0 aliphatic heterocycles. The van der Waals surface area contributed by atoms with Crippen molar-refractivity contribution in [3.63, 3.8) is 0 Å². The molecule has 0 aliphatic rings. The van der Waals surface area contributed by atoms with E-state index in [0.29, 0.717) is 9.90 Å². The first-order valence-corrected chi connectivity index (χ1v) is 9.67. The number of fused-ring (bicyclic) bond motifs is 1. The van der Waals surface area contributed by atoms with Crippen LogP contribution in [0.1, 0.15) is 28.9 Å². The van der Waals surface area contributed by atoms with Gasteiger partial charge in [0.25, 0.3) is 5.91 Å². The Morgan fingerprint density at radius 2 is 1.89 bits per heavy atom. The molecule has 1 aromatic carbocycles. The van der Waals surface area contributed by atoms with E-state index in [9.17, 15) is 4.79 Å². The Morgan fingerprint density at radius 1 is 1.11 bits per heavy atom. The van der Waals surface area contributed by atoms with Crippen molar-refractivity contribution in [2.75, 3.05) is 0 Å². The third-order valence-corrected chi connectivity index (χ3v) is 5.59. The lowest BCUT2D eigenvalue weighted by Crippen LogP contribution is -2.27. The van der Waals surface area contributed by atoms with E-state index in [1.165, 1.54) is 11.3 Å². The first kappa shape index (κ1) is 17.6. The second-order valence-corrected chi connectivity index (χ2v) is 7.87. The minimum Gasteiger partial charge on any atom is -0.345 e. The van der Waals surface area contributed by atoms with Gasteiger partial charge in [-0.15, -0.1) is 11.3 Å². The van der Waals surface area contributed by atoms with Crippen LogP contribution in [0.3, 0.4) is 0 Å². The monoisotopic (exact) mass is 393 g/mol. The average molecular weight is 394 g/mol. The minimum atomic E-state index is -0.137. The molecule has 0 saturated carbocycles. The molecule has 6 heteroatoms. The van der Waals surface area contributed by atoms with Crippen molar-refractivity contribution in [1.29, 1.82) is 0 Å². The van der Waals surface area contributed by atoms with Gasteiger partial charge in [-0.3, -0.25) is 9.78 Å². The van der Waals surface area contributed by atoms with Crippen LogP contribution < -0.4 is 5.32 Å². The number of para-hydroxylation sites is 1. The highest BCUT2D eigenvalue weighted by Crippen LogP contribution is 2.32. The summed E-state index contributed by atoms with van der Waals surface area (Å²) in [6.45, 7) is 1.95. The number of hydrogen-bond acceptors (Lipinski definition) is 4. The lowest BCUT2D eigenvalue weighted by atomic mass is 10.0. The maximum atomic E-state index is 13.1. The molecule has 1 amide bonds. The number of benzene rings is 1. The highest BCUT2D eigenvalue weighted by Gasteiger charge is 2.17. The van der Waals surface area contributed by atoms with Crippen molar-refractivity contribution in [2.45, 2.75) is 13.0 Å². The largest absolute Gasteiger partial charge is 0.345 e. The SMILES string of the molecule is CC(NC(=O)c1cc(-c2ccc(Cl)s2)nc2ccccc12)c1ccncc1. The summed E-state index contributed by atoms with van der Waals surface area (Å²) in [6.07, 6.45) is 3.44. The van der Waals surface area contributed by atoms with Crippen LogP contribution in [0.5, 0.6) is 0 Å². The molecule has 0 aliphatic carbocycles. The van der Waals surface area contributed by atoms with Crippen molar-refractivity contribution in [1.82, 2.24) is 15.3 Å². The van der Waals surface area contributed by atoms with Gasteiger partial charge in [-0.1, -0.05) is 29.8 Å². The highest BCUT2D eigenvalue weighted by molar-refractivity contribution is 7.19. The second-order valence-electron chi connectivity index (χ2n) is 6.15. The standard InChI is InChI=1S/C21H16ClN3OS/c1-13(14-8-10-23-11-9-14)24-21(26)16-12-18(19-6-7-20(22)27-19)25-17-5-3-2-4-15(16)17/h2-13H,1H3,(H,24,26). The van der Waals surface area contributed by atoms with Gasteiger partial charge < -0.3 is 5.32 Å². The summed E-state index contributed by atoms with van der Waals surface area (Å²) >= 11 is 7.52. The van der Waals surface area contributed by atoms with Crippen LogP contribution >= 0.6 is 22.9 Å². The zero-order valence-corrected chi connectivity index (χ0v) is 16.1. The Kier molecular flexibility index (Phi) is 4.88. The van der Waals surface area contributed by atoms with E-state index in [1.807, 2.05) is 61.5 Å². The van der Waals surface area contributed by atoms with E-state index >= 15 is 0 Å². The minimum absolute atomic E-state index is 0.132. The number of pyridine rings is 2. The molecular formula is C21H16ClN3OS. The maximum Gasteiger partial charge on any atom is 0.252 e. The van der Waals surface area contributed by atoms with Gasteiger partial charge in [0.05, 0.1) is 32.0 Å². The van der Waals surface area contributed by atoms with Crippen LogP contribution in [0, 0.1) is 0 Å². The summed E-state index contributed by atoms with van der Waals surface area (Å²) in [4.78, 5) is 22.7. The molecule has 0 radical (unpaired) electrons. The number of amides is 1. The van der Waals surface area contributed by atoms with Gasteiger partial charge in [0.15, 0.2) is 0 Å². The van der Waals surface area contributed by atoms with Crippen molar-refractivity contribution in [3.8, 4) is 10.6 Å². The molecule has 4 rings (SSSR count). The summed E-state index contributed by atoms with van der Waals surface area (Å²) in [7, 11) is 0. The van der Waals surface area contributed by atoms with Gasteiger partial charge in [-0.25, -0.2) is 4.98 Å². The van der Waals surface area contributed by atoms with E-state index in [0.717, 1.165) is 27.0 Å². The summed E-state index contributed by atoms with van der Waals surface area (Å²) in [6, 6.07) is 16.9. The van der Waals surface area contributed by atoms with Crippen molar-refractivity contribution < 1.29 is 4.79 Å². The Morgan fingerprint density at radius 3 is 2.63 bits per heavy atom. The molecular weight excluding hydrogens is 378 g/mol. The van der Waals surface area contributed by atoms with E-state index in [4.69, 9.17) is 16.6 Å². The lowest BCUT2D eigenvalue weighted by Gasteiger charge is -2.15. The normalized spacial score (nSPS) is 12.1. The van der Waals surface area contributed by atoms with Gasteiger partial charge in [-0.05, 0) is 48.9 Å². The van der Waals surface area contributed by atoms with Crippen LogP contribution in [0.4, 0.5) is 0 Å². The molecule has 1 unspecified atom stereocenters. The van der Waals surface area contributed by atoms with Gasteiger partial charge in [0, 0.05) is 17.8 Å². The number of aromatic nitrogens is 2. The third kappa shape index (κ3) is 3.70. The maximum absolute atomic E-state index is 13.1. The molecule has 3 aromatic heterocycles. The quantitative estimate of drug-likeness (QED) is 0.497. The van der Waals surface area contributed by atoms with E-state index < -0.39 is 0 Å². The van der Waals surface area contributed by atoms with Crippen LogP contribution in [-0.2, 0) is 0 Å². The number of hydrogen-bond donors (Lipinski definition) is 1. The number of nitrogens with zero attached hydrogens (tertiary/aromatic N) is 2. The van der Waals surface area contributed by atoms with Gasteiger partial charge in [-0.2, -0.15) is 0 Å². The topological polar surface area (TPSA) is 54.9 Å². The Labute approximate surface area is 165 Å². The van der Waals surface area contributed by atoms with Gasteiger partial charge in [0.2, 0.25) is 0 Å². The van der Waals surface area contributed by atoms with Crippen molar-refractivity contribution >= 4 is 39.7 Å². The zero-order chi connectivity index (χ0) is 18.8. The molecule has 27 heavy (non-hydrogen) atoms. The average Bonchev–Trinajstić information content (AvgIpc) is 3.14. The predicted octanol–water partition coefficient (Wildman–Crippen LogP) is 5.50. The molecule has 1 atom stereocenters. The number of carbonyl (C=O) groups is 1. The molecule has 0 bridgehead atoms. The number of halogens is 1. The summed E-state index contributed by atoms with van der Waals surface area (Å²) in [5.74, 6) is -0.137. The summed E-state index contributed by atoms with van der Waals surface area (Å²) < 4.78 is 0.692. The molecule has 4 aromatic rings. The first-order valence-electron chi connectivity index (χ1n) is 8.48. The van der Waals surface area contributed by atoms with Gasteiger partial charge >= 0.3 is 0 Å². The number of thiophene rings is 1. The third-order valence-electron chi connectivity index (χ3n) is 4.34. The van der Waals surface area contributed by atoms with E-state index in [1.54, 1.807) is 12.4 Å². The van der Waals surface area contributed by atoms with Crippen LogP contribution in [-0.4, -0.2) is 15.9 Å². The van der Waals surface area contributed by atoms with Crippen LogP contribution in [0.15, 0.2) is 67.0 Å². The molecule has 0 fully saturated rings. The fourth-order valence-corrected chi connectivity index (χ4v) is 3.96. The van der Waals surface area contributed by atoms with Gasteiger partial charge in [0.1, 0.15) is 0 Å². The van der Waals surface area contributed by atoms with Crippen molar-refractivity contribution in [2.24, 2.45) is 0 Å². The number of nitrogens with one attached hydrogen (secondary N) is 1. The van der Waals surface area contributed by atoms with Crippen LogP contribution in [0.2, 0.25) is 4.34 Å². The molecule has 134 valence electrons. The lowest BCUT2D eigenvalue weighted by molar-refractivity contribution is 0.0941. The van der Waals surface area contributed by atoms with E-state index in [-0.39, 0.29) is 11.9 Å². The van der Waals surface area contributed by atoms with Crippen LogP contribution in [0.25, 0.3) is 21.5 Å². The Balaban J connectivity index is 1.74. The molecule has 3 heterocycles. The molecule has 0 spiro atoms. The Bertz CT molecular complexity index is 1110. The predicted molar refractivity (Wildman–Crippen MR) is 110 cm³/mol. The highest BCUT2D eigenvalue weighted by atomic mass is 35.5. The van der Waals surface area contributed by atoms with E-state index in [2.05, 4.69) is 10.3 Å².